The summed E-state index contributed by atoms with van der Waals surface area (Å²) in [6.07, 6.45) is 5.57. The summed E-state index contributed by atoms with van der Waals surface area (Å²) in [4.78, 5) is 21.0. The standard InChI is InChI=1S/C22H20N4OS/c1-2-14-6-5-8-15-17(12-23-21(14)15)20(27)13-28-22-25-18-9-4-3-7-16(18)19-10-11-24-26(19)22/h3-9,11-12,19,23H,2,10,13H2,1H3/t19-/m0/s1. The molecule has 0 spiro atoms. The van der Waals surface area contributed by atoms with Crippen LogP contribution in [0.3, 0.4) is 0 Å². The second kappa shape index (κ2) is 6.95. The Kier molecular flexibility index (Phi) is 4.28. The van der Waals surface area contributed by atoms with E-state index in [2.05, 4.69) is 29.1 Å². The van der Waals surface area contributed by atoms with E-state index in [1.807, 2.05) is 47.8 Å². The van der Waals surface area contributed by atoms with E-state index in [0.29, 0.717) is 5.75 Å². The molecule has 0 amide bonds. The predicted octanol–water partition coefficient (Wildman–Crippen LogP) is 5.08. The van der Waals surface area contributed by atoms with Gasteiger partial charge in [0, 0.05) is 40.9 Å². The Hall–Kier alpha value is -2.86. The number of hydrogen-bond donors (Lipinski definition) is 1. The van der Waals surface area contributed by atoms with E-state index in [1.54, 1.807) is 0 Å². The van der Waals surface area contributed by atoms with Gasteiger partial charge in [-0.1, -0.05) is 55.1 Å². The van der Waals surface area contributed by atoms with E-state index in [-0.39, 0.29) is 11.8 Å². The van der Waals surface area contributed by atoms with Crippen molar-refractivity contribution in [1.82, 2.24) is 9.99 Å². The number of ketones is 1. The average molecular weight is 388 g/mol. The zero-order valence-corrected chi connectivity index (χ0v) is 16.4. The number of aromatic amines is 1. The fourth-order valence-corrected chi connectivity index (χ4v) is 4.82. The maximum absolute atomic E-state index is 12.9. The Morgan fingerprint density at radius 2 is 2.14 bits per heavy atom. The van der Waals surface area contributed by atoms with Gasteiger partial charge in [0.15, 0.2) is 11.0 Å². The highest BCUT2D eigenvalue weighted by Crippen LogP contribution is 2.41. The highest BCUT2D eigenvalue weighted by molar-refractivity contribution is 8.14. The lowest BCUT2D eigenvalue weighted by atomic mass is 10.0. The number of fused-ring (bicyclic) bond motifs is 4. The molecule has 0 bridgehead atoms. The normalized spacial score (nSPS) is 17.5. The van der Waals surface area contributed by atoms with Gasteiger partial charge in [-0.25, -0.2) is 10.0 Å². The van der Waals surface area contributed by atoms with Crippen molar-refractivity contribution in [2.24, 2.45) is 10.1 Å². The van der Waals surface area contributed by atoms with Gasteiger partial charge >= 0.3 is 0 Å². The van der Waals surface area contributed by atoms with Gasteiger partial charge in [0.1, 0.15) is 0 Å². The molecule has 3 heterocycles. The van der Waals surface area contributed by atoms with Crippen molar-refractivity contribution in [3.63, 3.8) is 0 Å². The Morgan fingerprint density at radius 1 is 1.25 bits per heavy atom. The number of para-hydroxylation sites is 2. The maximum atomic E-state index is 12.9. The van der Waals surface area contributed by atoms with Gasteiger partial charge in [-0.2, -0.15) is 5.10 Å². The van der Waals surface area contributed by atoms with Crippen molar-refractivity contribution >= 4 is 45.5 Å². The molecule has 6 heteroatoms. The van der Waals surface area contributed by atoms with E-state index in [4.69, 9.17) is 4.99 Å². The van der Waals surface area contributed by atoms with Crippen LogP contribution in [-0.4, -0.2) is 32.9 Å². The Balaban J connectivity index is 1.40. The summed E-state index contributed by atoms with van der Waals surface area (Å²) >= 11 is 1.46. The first-order valence-corrected chi connectivity index (χ1v) is 10.5. The topological polar surface area (TPSA) is 60.8 Å². The predicted molar refractivity (Wildman–Crippen MR) is 116 cm³/mol. The molecule has 0 aliphatic carbocycles. The molecule has 140 valence electrons. The molecule has 1 atom stereocenters. The van der Waals surface area contributed by atoms with Crippen molar-refractivity contribution in [3.05, 3.63) is 65.4 Å². The molecule has 5 rings (SSSR count). The number of thioether (sulfide) groups is 1. The van der Waals surface area contributed by atoms with Gasteiger partial charge in [0.25, 0.3) is 0 Å². The van der Waals surface area contributed by atoms with Crippen LogP contribution in [0, 0.1) is 0 Å². The van der Waals surface area contributed by atoms with Gasteiger partial charge in [-0.05, 0) is 18.1 Å². The number of hydrazone groups is 1. The molecular weight excluding hydrogens is 368 g/mol. The van der Waals surface area contributed by atoms with Gasteiger partial charge in [-0.3, -0.25) is 4.79 Å². The van der Waals surface area contributed by atoms with Crippen molar-refractivity contribution in [3.8, 4) is 0 Å². The minimum atomic E-state index is 0.103. The van der Waals surface area contributed by atoms with Crippen LogP contribution in [0.15, 0.2) is 58.8 Å². The van der Waals surface area contributed by atoms with Crippen LogP contribution in [-0.2, 0) is 6.42 Å². The van der Waals surface area contributed by atoms with E-state index >= 15 is 0 Å². The number of aryl methyl sites for hydroxylation is 1. The van der Waals surface area contributed by atoms with Crippen molar-refractivity contribution in [1.29, 1.82) is 0 Å². The highest BCUT2D eigenvalue weighted by atomic mass is 32.2. The summed E-state index contributed by atoms with van der Waals surface area (Å²) in [5, 5.41) is 8.23. The van der Waals surface area contributed by atoms with Crippen LogP contribution in [0.2, 0.25) is 0 Å². The number of H-pyrrole nitrogens is 1. The number of amidine groups is 1. The molecule has 0 saturated heterocycles. The smallest absolute Gasteiger partial charge is 0.186 e. The Labute approximate surface area is 167 Å². The summed E-state index contributed by atoms with van der Waals surface area (Å²) in [6, 6.07) is 14.5. The third-order valence-electron chi connectivity index (χ3n) is 5.35. The van der Waals surface area contributed by atoms with Crippen molar-refractivity contribution in [2.45, 2.75) is 25.8 Å². The third kappa shape index (κ3) is 2.76. The number of carbonyl (C=O) groups is 1. The van der Waals surface area contributed by atoms with Gasteiger partial charge in [0.2, 0.25) is 0 Å². The molecule has 0 saturated carbocycles. The van der Waals surface area contributed by atoms with Crippen molar-refractivity contribution in [2.75, 3.05) is 5.75 Å². The SMILES string of the molecule is CCc1cccc2c(C(=O)CSC3=Nc4ccccc4[C@@H]4CC=NN34)c[nH]c12. The number of rotatable bonds is 4. The van der Waals surface area contributed by atoms with Gasteiger partial charge < -0.3 is 4.98 Å². The second-order valence-corrected chi connectivity index (χ2v) is 7.90. The first-order valence-electron chi connectivity index (χ1n) is 9.50. The van der Waals surface area contributed by atoms with Crippen LogP contribution in [0.4, 0.5) is 5.69 Å². The third-order valence-corrected chi connectivity index (χ3v) is 6.30. The number of nitrogens with one attached hydrogen (secondary N) is 1. The fraction of sp³-hybridized carbons (Fsp3) is 0.227. The lowest BCUT2D eigenvalue weighted by Crippen LogP contribution is -2.28. The molecule has 0 radical (unpaired) electrons. The second-order valence-electron chi connectivity index (χ2n) is 6.95. The number of benzene rings is 2. The number of carbonyl (C=O) groups excluding carboxylic acids is 1. The number of hydrogen-bond acceptors (Lipinski definition) is 5. The van der Waals surface area contributed by atoms with Crippen LogP contribution >= 0.6 is 11.8 Å². The van der Waals surface area contributed by atoms with Gasteiger partial charge in [-0.15, -0.1) is 0 Å². The van der Waals surface area contributed by atoms with E-state index in [0.717, 1.165) is 40.2 Å². The van der Waals surface area contributed by atoms with E-state index in [9.17, 15) is 4.79 Å². The first kappa shape index (κ1) is 17.3. The number of Topliss-reactive ketones (excluding diaryl/α,β-unsaturated/α-hetero) is 1. The quantitative estimate of drug-likeness (QED) is 0.634. The zero-order chi connectivity index (χ0) is 19.1. The summed E-state index contributed by atoms with van der Waals surface area (Å²) in [5.41, 5.74) is 5.21. The molecule has 2 aliphatic rings. The van der Waals surface area contributed by atoms with Crippen molar-refractivity contribution < 1.29 is 4.79 Å². The van der Waals surface area contributed by atoms with Gasteiger partial charge in [0.05, 0.1) is 17.5 Å². The maximum Gasteiger partial charge on any atom is 0.186 e. The minimum absolute atomic E-state index is 0.103. The molecule has 0 fully saturated rings. The average Bonchev–Trinajstić information content (AvgIpc) is 3.39. The fourth-order valence-electron chi connectivity index (χ4n) is 3.93. The number of nitrogens with zero attached hydrogens (tertiary/aromatic N) is 3. The largest absolute Gasteiger partial charge is 0.360 e. The molecule has 0 unspecified atom stereocenters. The number of aromatic nitrogens is 1. The highest BCUT2D eigenvalue weighted by Gasteiger charge is 2.32. The zero-order valence-electron chi connectivity index (χ0n) is 15.6. The molecule has 1 aromatic heterocycles. The first-order chi connectivity index (χ1) is 13.8. The van der Waals surface area contributed by atoms with E-state index < -0.39 is 0 Å². The molecule has 2 aliphatic heterocycles. The number of aliphatic imine (C=N–C) groups is 1. The minimum Gasteiger partial charge on any atom is -0.360 e. The Morgan fingerprint density at radius 3 is 3.04 bits per heavy atom. The molecule has 2 aromatic carbocycles. The summed E-state index contributed by atoms with van der Waals surface area (Å²) in [5.74, 6) is 0.439. The molecule has 28 heavy (non-hydrogen) atoms. The molecule has 5 nitrogen and oxygen atoms in total. The monoisotopic (exact) mass is 388 g/mol. The van der Waals surface area contributed by atoms with E-state index in [1.165, 1.54) is 22.9 Å². The summed E-state index contributed by atoms with van der Waals surface area (Å²) in [7, 11) is 0. The van der Waals surface area contributed by atoms with Crippen LogP contribution in [0.1, 0.15) is 40.9 Å². The summed E-state index contributed by atoms with van der Waals surface area (Å²) < 4.78 is 0. The Bertz CT molecular complexity index is 1130. The van der Waals surface area contributed by atoms with Crippen LogP contribution < -0.4 is 0 Å². The molecule has 1 N–H and O–H groups in total. The molecular formula is C22H20N4OS. The van der Waals surface area contributed by atoms with Crippen LogP contribution in [0.5, 0.6) is 0 Å². The summed E-state index contributed by atoms with van der Waals surface area (Å²) in [6.45, 7) is 2.12. The lowest BCUT2D eigenvalue weighted by Gasteiger charge is -2.29. The molecule has 3 aromatic rings. The van der Waals surface area contributed by atoms with Crippen LogP contribution in [0.25, 0.3) is 10.9 Å². The lowest BCUT2D eigenvalue weighted by molar-refractivity contribution is 0.102.